The molecule has 0 radical (unpaired) electrons. The molecule has 1 aliphatic rings. The number of amides is 1. The third kappa shape index (κ3) is 4.22. The second kappa shape index (κ2) is 8.17. The van der Waals surface area contributed by atoms with Crippen molar-refractivity contribution in [2.45, 2.75) is 20.5 Å². The lowest BCUT2D eigenvalue weighted by atomic mass is 10.1. The summed E-state index contributed by atoms with van der Waals surface area (Å²) >= 11 is 0. The number of fused-ring (bicyclic) bond motifs is 1. The number of piperazine rings is 1. The van der Waals surface area contributed by atoms with Gasteiger partial charge in [-0.1, -0.05) is 29.3 Å². The lowest BCUT2D eigenvalue weighted by Gasteiger charge is -2.29. The second-order valence-electron chi connectivity index (χ2n) is 7.65. The Morgan fingerprint density at radius 2 is 1.86 bits per heavy atom. The fraction of sp³-hybridized carbons (Fsp3) is 0.348. The van der Waals surface area contributed by atoms with Crippen molar-refractivity contribution in [2.75, 3.05) is 43.0 Å². The van der Waals surface area contributed by atoms with Gasteiger partial charge >= 0.3 is 6.09 Å². The van der Waals surface area contributed by atoms with E-state index >= 15 is 0 Å². The van der Waals surface area contributed by atoms with Gasteiger partial charge in [0, 0.05) is 44.3 Å². The van der Waals surface area contributed by atoms with Gasteiger partial charge in [0.15, 0.2) is 0 Å². The molecule has 0 unspecified atom stereocenters. The van der Waals surface area contributed by atoms with E-state index in [1.807, 2.05) is 32.0 Å². The van der Waals surface area contributed by atoms with E-state index in [-0.39, 0.29) is 6.61 Å². The predicted octanol–water partition coefficient (Wildman–Crippen LogP) is 4.23. The zero-order chi connectivity index (χ0) is 20.4. The number of carbonyl (C=O) groups excluding carboxylic acids is 1. The van der Waals surface area contributed by atoms with Gasteiger partial charge in [0.2, 0.25) is 0 Å². The maximum absolute atomic E-state index is 12.7. The molecular weight excluding hydrogens is 366 g/mol. The number of rotatable bonds is 4. The first-order chi connectivity index (χ1) is 14.0. The molecule has 152 valence electrons. The quantitative estimate of drug-likeness (QED) is 0.719. The van der Waals surface area contributed by atoms with Crippen LogP contribution < -0.4 is 15.1 Å². The van der Waals surface area contributed by atoms with Crippen LogP contribution >= 0.6 is 0 Å². The number of anilines is 2. The average Bonchev–Trinajstić information content (AvgIpc) is 3.14. The summed E-state index contributed by atoms with van der Waals surface area (Å²) in [6.07, 6.45) is 1.21. The maximum Gasteiger partial charge on any atom is 0.414 e. The summed E-state index contributed by atoms with van der Waals surface area (Å²) in [5, 5.41) is 4.28. The molecule has 6 heteroatoms. The van der Waals surface area contributed by atoms with Gasteiger partial charge in [0.05, 0.1) is 5.69 Å². The summed E-state index contributed by atoms with van der Waals surface area (Å²) in [5.74, 6) is 0. The summed E-state index contributed by atoms with van der Waals surface area (Å²) in [6.45, 7) is 8.20. The molecule has 1 saturated heterocycles. The third-order valence-electron chi connectivity index (χ3n) is 5.30. The van der Waals surface area contributed by atoms with Gasteiger partial charge in [0.25, 0.3) is 0 Å². The smallest absolute Gasteiger partial charge is 0.414 e. The molecule has 0 atom stereocenters. The van der Waals surface area contributed by atoms with Crippen molar-refractivity contribution in [2.24, 2.45) is 0 Å². The number of nitrogens with one attached hydrogen (secondary N) is 1. The minimum Gasteiger partial charge on any atom is -0.462 e. The topological polar surface area (TPSA) is 58.0 Å². The van der Waals surface area contributed by atoms with Crippen molar-refractivity contribution in [1.29, 1.82) is 0 Å². The largest absolute Gasteiger partial charge is 0.462 e. The van der Waals surface area contributed by atoms with Gasteiger partial charge in [-0.15, -0.1) is 0 Å². The highest BCUT2D eigenvalue weighted by Crippen LogP contribution is 2.32. The second-order valence-corrected chi connectivity index (χ2v) is 7.65. The van der Waals surface area contributed by atoms with Gasteiger partial charge in [-0.3, -0.25) is 4.90 Å². The van der Waals surface area contributed by atoms with Gasteiger partial charge < -0.3 is 19.4 Å². The SMILES string of the molecule is Cc1cc(C)cc(COC(=O)N(C)c2coc3ccc(N4CCNCC4)cc23)c1. The molecule has 1 aromatic heterocycles. The molecule has 1 amide bonds. The summed E-state index contributed by atoms with van der Waals surface area (Å²) < 4.78 is 11.2. The third-order valence-corrected chi connectivity index (χ3v) is 5.30. The Morgan fingerprint density at radius 1 is 1.14 bits per heavy atom. The number of furan rings is 1. The molecule has 1 N–H and O–H groups in total. The van der Waals surface area contributed by atoms with Crippen LogP contribution in [-0.2, 0) is 11.3 Å². The molecule has 2 aromatic carbocycles. The molecule has 1 aliphatic heterocycles. The Hall–Kier alpha value is -2.99. The normalized spacial score (nSPS) is 14.2. The molecule has 29 heavy (non-hydrogen) atoms. The Balaban J connectivity index is 1.51. The van der Waals surface area contributed by atoms with Gasteiger partial charge in [0.1, 0.15) is 18.5 Å². The van der Waals surface area contributed by atoms with Crippen LogP contribution in [-0.4, -0.2) is 39.3 Å². The highest BCUT2D eigenvalue weighted by molar-refractivity contribution is 6.00. The van der Waals surface area contributed by atoms with E-state index in [0.29, 0.717) is 5.69 Å². The number of carbonyl (C=O) groups is 1. The van der Waals surface area contributed by atoms with Crippen LogP contribution in [0, 0.1) is 13.8 Å². The van der Waals surface area contributed by atoms with E-state index in [2.05, 4.69) is 28.4 Å². The molecule has 0 bridgehead atoms. The van der Waals surface area contributed by atoms with Gasteiger partial charge in [-0.2, -0.15) is 0 Å². The van der Waals surface area contributed by atoms with E-state index in [9.17, 15) is 4.79 Å². The minimum atomic E-state index is -0.403. The predicted molar refractivity (Wildman–Crippen MR) is 116 cm³/mol. The van der Waals surface area contributed by atoms with Crippen LogP contribution in [0.15, 0.2) is 47.1 Å². The van der Waals surface area contributed by atoms with Crippen LogP contribution in [0.4, 0.5) is 16.2 Å². The zero-order valence-corrected chi connectivity index (χ0v) is 17.2. The standard InChI is InChI=1S/C23H27N3O3/c1-16-10-17(2)12-18(11-16)14-29-23(27)25(3)21-15-28-22-5-4-19(13-20(21)22)26-8-6-24-7-9-26/h4-5,10-13,15,24H,6-9,14H2,1-3H3. The number of hydrogen-bond acceptors (Lipinski definition) is 5. The van der Waals surface area contributed by atoms with E-state index in [4.69, 9.17) is 9.15 Å². The number of ether oxygens (including phenoxy) is 1. The highest BCUT2D eigenvalue weighted by Gasteiger charge is 2.19. The van der Waals surface area contributed by atoms with E-state index in [1.165, 1.54) is 4.90 Å². The number of hydrogen-bond donors (Lipinski definition) is 1. The van der Waals surface area contributed by atoms with Gasteiger partial charge in [-0.25, -0.2) is 4.79 Å². The molecule has 1 fully saturated rings. The Labute approximate surface area is 171 Å². The molecule has 4 rings (SSSR count). The van der Waals surface area contributed by atoms with Crippen LogP contribution in [0.5, 0.6) is 0 Å². The molecular formula is C23H27N3O3. The fourth-order valence-corrected chi connectivity index (χ4v) is 3.88. The lowest BCUT2D eigenvalue weighted by Crippen LogP contribution is -2.43. The summed E-state index contributed by atoms with van der Waals surface area (Å²) in [7, 11) is 1.71. The summed E-state index contributed by atoms with van der Waals surface area (Å²) in [4.78, 5) is 16.5. The molecule has 0 saturated carbocycles. The van der Waals surface area contributed by atoms with Crippen molar-refractivity contribution >= 4 is 28.4 Å². The van der Waals surface area contributed by atoms with E-state index in [1.54, 1.807) is 13.3 Å². The molecule has 0 spiro atoms. The van der Waals surface area contributed by atoms with Gasteiger partial charge in [-0.05, 0) is 37.6 Å². The molecule has 3 aromatic rings. The van der Waals surface area contributed by atoms with Crippen LogP contribution in [0.2, 0.25) is 0 Å². The molecule has 0 aliphatic carbocycles. The first kappa shape index (κ1) is 19.3. The Morgan fingerprint density at radius 3 is 2.59 bits per heavy atom. The van der Waals surface area contributed by atoms with Crippen LogP contribution in [0.3, 0.4) is 0 Å². The van der Waals surface area contributed by atoms with E-state index in [0.717, 1.165) is 59.5 Å². The molecule has 6 nitrogen and oxygen atoms in total. The monoisotopic (exact) mass is 393 g/mol. The van der Waals surface area contributed by atoms with Crippen molar-refractivity contribution in [3.05, 3.63) is 59.4 Å². The average molecular weight is 393 g/mol. The first-order valence-electron chi connectivity index (χ1n) is 9.96. The molecule has 2 heterocycles. The zero-order valence-electron chi connectivity index (χ0n) is 17.2. The number of aryl methyl sites for hydroxylation is 2. The Kier molecular flexibility index (Phi) is 5.45. The van der Waals surface area contributed by atoms with Crippen molar-refractivity contribution in [1.82, 2.24) is 5.32 Å². The summed E-state index contributed by atoms with van der Waals surface area (Å²) in [5.41, 5.74) is 5.91. The lowest BCUT2D eigenvalue weighted by molar-refractivity contribution is 0.148. The highest BCUT2D eigenvalue weighted by atomic mass is 16.6. The number of benzene rings is 2. The van der Waals surface area contributed by atoms with Crippen LogP contribution in [0.1, 0.15) is 16.7 Å². The van der Waals surface area contributed by atoms with Crippen molar-refractivity contribution < 1.29 is 13.9 Å². The van der Waals surface area contributed by atoms with Crippen molar-refractivity contribution in [3.63, 3.8) is 0 Å². The summed E-state index contributed by atoms with van der Waals surface area (Å²) in [6, 6.07) is 12.3. The first-order valence-corrected chi connectivity index (χ1v) is 9.96. The fourth-order valence-electron chi connectivity index (χ4n) is 3.88. The van der Waals surface area contributed by atoms with E-state index < -0.39 is 6.09 Å². The maximum atomic E-state index is 12.7. The van der Waals surface area contributed by atoms with Crippen LogP contribution in [0.25, 0.3) is 11.0 Å². The van der Waals surface area contributed by atoms with Crippen molar-refractivity contribution in [3.8, 4) is 0 Å². The number of nitrogens with zero attached hydrogens (tertiary/aromatic N) is 2. The minimum absolute atomic E-state index is 0.244. The Bertz CT molecular complexity index is 1000.